The molecule has 0 saturated carbocycles. The molecule has 0 aliphatic carbocycles. The van der Waals surface area contributed by atoms with E-state index < -0.39 is 113 Å². The Hall–Kier alpha value is -7.64. The summed E-state index contributed by atoms with van der Waals surface area (Å²) in [4.78, 5) is 13.3. The molecule has 0 radical (unpaired) electrons. The van der Waals surface area contributed by atoms with Gasteiger partial charge in [-0.15, -0.1) is 0 Å². The number of nitrogens with zero attached hydrogens (tertiary/aromatic N) is 3. The van der Waals surface area contributed by atoms with E-state index in [4.69, 9.17) is 14.0 Å². The van der Waals surface area contributed by atoms with Gasteiger partial charge in [-0.3, -0.25) is 15.0 Å². The van der Waals surface area contributed by atoms with Crippen LogP contribution in [0.25, 0.3) is 66.8 Å². The summed E-state index contributed by atoms with van der Waals surface area (Å²) in [7, 11) is 0. The zero-order valence-electron chi connectivity index (χ0n) is 52.2. The maximum atomic E-state index is 16.7. The largest absolute Gasteiger partial charge is 0.452 e. The normalized spacial score (nSPS) is 16.0. The maximum absolute atomic E-state index is 16.7. The van der Waals surface area contributed by atoms with Crippen LogP contribution in [0.2, 0.25) is 0 Å². The summed E-state index contributed by atoms with van der Waals surface area (Å²) < 4.78 is 192. The topological polar surface area (TPSA) is 51.8 Å². The lowest BCUT2D eigenvalue weighted by Gasteiger charge is -2.28. The summed E-state index contributed by atoms with van der Waals surface area (Å²) in [5, 5.41) is 0.696. The first-order valence-corrected chi connectivity index (χ1v) is 21.7. The molecule has 0 unspecified atom stereocenters. The Labute approximate surface area is 416 Å². The van der Waals surface area contributed by atoms with Crippen LogP contribution >= 0.6 is 0 Å². The quantitative estimate of drug-likeness (QED) is 0.116. The Morgan fingerprint density at radius 3 is 1.62 bits per heavy atom. The SMILES string of the molecule is [2H]c1c([2H])c([2H])c(-c2ccc3c(oc4c(-c5ccc(C([2H])([2H])C([2H])([2H])c6cc(C([2H])([2H])C(C)(C)c7cnc(-c8ccccc8)c([2H])c7F)cc(C([2H])([2H])C(C)(C)c7cnc(-c8ccccc8)c([2H])c7F)c6)cn5)cccc43)c2F)c([2H])c1[2H]. The molecule has 0 N–H and O–H groups in total. The van der Waals surface area contributed by atoms with E-state index in [1.54, 1.807) is 78.9 Å². The van der Waals surface area contributed by atoms with Crippen LogP contribution in [0.5, 0.6) is 0 Å². The van der Waals surface area contributed by atoms with Crippen LogP contribution in [-0.2, 0) is 36.3 Å². The number of fused-ring (bicyclic) bond motifs is 3. The molecule has 4 heterocycles. The standard InChI is InChI=1S/C61H50F3N3O/c1-60(2,50-37-66-55(32-52(50)62)44-17-10-6-11-18-44)34-41-29-40(30-42(31-41)35-61(3,4)51-38-67-56(33-53(51)63)45-19-12-7-13-20-45)24-23-39-25-28-54(65-36-39)49-22-14-21-47-48-27-26-46(43-15-8-5-9-16-43)57(64)59(48)68-58(47)49/h5-22,25-33,36-38H,23-24,34-35H2,1-4H3/i5D,8D,9D,15D,16D,23D2,24D2,32D,33D,34D2,35D2. The van der Waals surface area contributed by atoms with Crippen molar-refractivity contribution in [2.75, 3.05) is 0 Å². The van der Waals surface area contributed by atoms with E-state index in [0.29, 0.717) is 22.1 Å². The highest BCUT2D eigenvalue weighted by Crippen LogP contribution is 2.40. The lowest BCUT2D eigenvalue weighted by atomic mass is 9.76. The van der Waals surface area contributed by atoms with Crippen molar-refractivity contribution in [1.29, 1.82) is 0 Å². The Morgan fingerprint density at radius 1 is 0.500 bits per heavy atom. The molecule has 0 spiro atoms. The summed E-state index contributed by atoms with van der Waals surface area (Å²) in [5.74, 6) is -3.18. The smallest absolute Gasteiger partial charge is 0.174 e. The van der Waals surface area contributed by atoms with Gasteiger partial charge in [0.1, 0.15) is 17.2 Å². The monoisotopic (exact) mass is 912 g/mol. The van der Waals surface area contributed by atoms with Gasteiger partial charge >= 0.3 is 0 Å². The molecule has 0 saturated heterocycles. The highest BCUT2D eigenvalue weighted by atomic mass is 19.1. The summed E-state index contributed by atoms with van der Waals surface area (Å²) in [6.07, 6.45) is -8.56. The van der Waals surface area contributed by atoms with Gasteiger partial charge in [0.15, 0.2) is 11.4 Å². The Bertz CT molecular complexity index is 4070. The maximum Gasteiger partial charge on any atom is 0.174 e. The second kappa shape index (κ2) is 18.2. The molecule has 0 aliphatic rings. The Balaban J connectivity index is 1.07. The van der Waals surface area contributed by atoms with Crippen LogP contribution in [0.3, 0.4) is 0 Å². The molecule has 336 valence electrons. The molecule has 10 rings (SSSR count). The van der Waals surface area contributed by atoms with Crippen LogP contribution in [-0.4, -0.2) is 15.0 Å². The fourth-order valence-electron chi connectivity index (χ4n) is 8.22. The molecule has 0 amide bonds. The minimum Gasteiger partial charge on any atom is -0.452 e. The third-order valence-electron chi connectivity index (χ3n) is 11.6. The molecule has 0 bridgehead atoms. The first-order chi connectivity index (χ1) is 38.9. The predicted molar refractivity (Wildman–Crippen MR) is 269 cm³/mol. The molecular formula is C61H50F3N3O. The number of furan rings is 1. The van der Waals surface area contributed by atoms with Crippen LogP contribution in [0, 0.1) is 17.5 Å². The minimum absolute atomic E-state index is 0.0105. The highest BCUT2D eigenvalue weighted by Gasteiger charge is 2.29. The molecule has 4 aromatic heterocycles. The van der Waals surface area contributed by atoms with Gasteiger partial charge in [-0.05, 0) is 82.3 Å². The van der Waals surface area contributed by atoms with Gasteiger partial charge in [0, 0.05) is 85.8 Å². The van der Waals surface area contributed by atoms with Crippen molar-refractivity contribution in [3.05, 3.63) is 233 Å². The van der Waals surface area contributed by atoms with Crippen molar-refractivity contribution in [2.24, 2.45) is 0 Å². The van der Waals surface area contributed by atoms with Crippen LogP contribution < -0.4 is 0 Å². The van der Waals surface area contributed by atoms with Gasteiger partial charge in [-0.1, -0.05) is 161 Å². The van der Waals surface area contributed by atoms with E-state index in [0.717, 1.165) is 36.8 Å². The fraction of sp³-hybridized carbons (Fsp3) is 0.164. The van der Waals surface area contributed by atoms with E-state index in [2.05, 4.69) is 15.0 Å². The van der Waals surface area contributed by atoms with Crippen molar-refractivity contribution in [1.82, 2.24) is 15.0 Å². The van der Waals surface area contributed by atoms with Gasteiger partial charge in [0.25, 0.3) is 0 Å². The van der Waals surface area contributed by atoms with E-state index in [9.17, 15) is 11.0 Å². The van der Waals surface area contributed by atoms with Crippen LogP contribution in [0.1, 0.15) is 81.6 Å². The molecule has 0 aliphatic heterocycles. The first-order valence-electron chi connectivity index (χ1n) is 29.2. The number of benzene rings is 6. The van der Waals surface area contributed by atoms with Crippen molar-refractivity contribution < 1.29 is 38.1 Å². The number of hydrogen-bond donors (Lipinski definition) is 0. The van der Waals surface area contributed by atoms with Crippen molar-refractivity contribution in [2.45, 2.75) is 64.0 Å². The van der Waals surface area contributed by atoms with Gasteiger partial charge in [-0.2, -0.15) is 0 Å². The molecule has 0 fully saturated rings. The molecule has 7 heteroatoms. The second-order valence-electron chi connectivity index (χ2n) is 17.2. The summed E-state index contributed by atoms with van der Waals surface area (Å²) >= 11 is 0. The molecule has 4 nitrogen and oxygen atoms in total. The second-order valence-corrected chi connectivity index (χ2v) is 17.2. The van der Waals surface area contributed by atoms with Crippen LogP contribution in [0.4, 0.5) is 13.2 Å². The van der Waals surface area contributed by atoms with Gasteiger partial charge < -0.3 is 4.42 Å². The van der Waals surface area contributed by atoms with Crippen molar-refractivity contribution in [3.8, 4) is 44.9 Å². The minimum atomic E-state index is -3.19. The predicted octanol–water partition coefficient (Wildman–Crippen LogP) is 15.7. The highest BCUT2D eigenvalue weighted by molar-refractivity contribution is 6.10. The Kier molecular flexibility index (Phi) is 8.00. The summed E-state index contributed by atoms with van der Waals surface area (Å²) in [6, 6.07) is 25.8. The Morgan fingerprint density at radius 2 is 1.04 bits per heavy atom. The summed E-state index contributed by atoms with van der Waals surface area (Å²) in [5.41, 5.74) is -5.92. The summed E-state index contributed by atoms with van der Waals surface area (Å²) in [6.45, 7) is 5.37. The number of halogens is 3. The molecular weight excluding hydrogens is 848 g/mol. The van der Waals surface area contributed by atoms with Crippen molar-refractivity contribution >= 4 is 21.9 Å². The average molecular weight is 913 g/mol. The number of rotatable bonds is 13. The van der Waals surface area contributed by atoms with E-state index in [-0.39, 0.29) is 61.5 Å². The number of pyridine rings is 3. The first kappa shape index (κ1) is 29.9. The van der Waals surface area contributed by atoms with Gasteiger partial charge in [0.2, 0.25) is 0 Å². The molecule has 6 aromatic carbocycles. The third kappa shape index (κ3) is 8.96. The van der Waals surface area contributed by atoms with Crippen LogP contribution in [0.15, 0.2) is 187 Å². The van der Waals surface area contributed by atoms with E-state index in [1.807, 2.05) is 0 Å². The number of para-hydroxylation sites is 1. The lowest BCUT2D eigenvalue weighted by Crippen LogP contribution is -2.24. The number of hydrogen-bond acceptors (Lipinski definition) is 4. The zero-order valence-corrected chi connectivity index (χ0v) is 37.2. The van der Waals surface area contributed by atoms with E-state index in [1.165, 1.54) is 52.0 Å². The van der Waals surface area contributed by atoms with Gasteiger partial charge in [-0.25, -0.2) is 13.2 Å². The van der Waals surface area contributed by atoms with E-state index >= 15 is 13.2 Å². The fourth-order valence-corrected chi connectivity index (χ4v) is 8.22. The number of aromatic nitrogens is 3. The van der Waals surface area contributed by atoms with Gasteiger partial charge in [0.05, 0.1) is 26.7 Å². The van der Waals surface area contributed by atoms with Crippen molar-refractivity contribution in [3.63, 3.8) is 0 Å². The lowest BCUT2D eigenvalue weighted by molar-refractivity contribution is 0.473. The number of aryl methyl sites for hydroxylation is 2. The zero-order chi connectivity index (χ0) is 60.3. The molecule has 68 heavy (non-hydrogen) atoms. The third-order valence-corrected chi connectivity index (χ3v) is 11.6. The average Bonchev–Trinajstić information content (AvgIpc) is 2.14. The molecule has 10 aromatic rings. The molecule has 0 atom stereocenters.